The van der Waals surface area contributed by atoms with Gasteiger partial charge >= 0.3 is 0 Å². The van der Waals surface area contributed by atoms with Gasteiger partial charge in [0.05, 0.1) is 10.6 Å². The lowest BCUT2D eigenvalue weighted by molar-refractivity contribution is 0.483. The van der Waals surface area contributed by atoms with E-state index in [1.54, 1.807) is 17.5 Å². The van der Waals surface area contributed by atoms with Crippen molar-refractivity contribution in [2.75, 3.05) is 5.73 Å². The molecule has 2 aromatic carbocycles. The van der Waals surface area contributed by atoms with Gasteiger partial charge in [-0.15, -0.1) is 11.3 Å². The van der Waals surface area contributed by atoms with Crippen molar-refractivity contribution in [3.8, 4) is 22.1 Å². The zero-order chi connectivity index (χ0) is 16.5. The van der Waals surface area contributed by atoms with Gasteiger partial charge in [0.25, 0.3) is 0 Å². The van der Waals surface area contributed by atoms with Crippen LogP contribution < -0.4 is 10.5 Å². The van der Waals surface area contributed by atoms with Crippen LogP contribution in [0.5, 0.6) is 11.5 Å². The number of nitrogens with zero attached hydrogens (tertiary/aromatic N) is 2. The highest BCUT2D eigenvalue weighted by Gasteiger charge is 2.13. The topological polar surface area (TPSA) is 61.0 Å². The zero-order valence-corrected chi connectivity index (χ0v) is 13.9. The van der Waals surface area contributed by atoms with E-state index in [0.717, 1.165) is 22.1 Å². The summed E-state index contributed by atoms with van der Waals surface area (Å²) in [5.41, 5.74) is 7.74. The molecular weight excluding hydrogens is 318 g/mol. The van der Waals surface area contributed by atoms with E-state index in [0.29, 0.717) is 0 Å². The summed E-state index contributed by atoms with van der Waals surface area (Å²) in [6.07, 6.45) is 1.69. The summed E-state index contributed by atoms with van der Waals surface area (Å²) in [5, 5.41) is 1.17. The second kappa shape index (κ2) is 5.94. The van der Waals surface area contributed by atoms with Gasteiger partial charge in [-0.05, 0) is 54.3 Å². The monoisotopic (exact) mass is 333 g/mol. The molecule has 4 nitrogen and oxygen atoms in total. The first-order valence-electron chi connectivity index (χ1n) is 7.55. The number of para-hydroxylation sites is 1. The largest absolute Gasteiger partial charge is 0.457 e. The molecule has 24 heavy (non-hydrogen) atoms. The molecule has 0 fully saturated rings. The molecule has 0 saturated carbocycles. The van der Waals surface area contributed by atoms with Gasteiger partial charge in [0.2, 0.25) is 5.95 Å². The van der Waals surface area contributed by atoms with Crippen molar-refractivity contribution in [3.63, 3.8) is 0 Å². The fraction of sp³-hybridized carbons (Fsp3) is 0.0526. The normalized spacial score (nSPS) is 10.9. The molecule has 2 aromatic heterocycles. The van der Waals surface area contributed by atoms with E-state index in [1.807, 2.05) is 42.5 Å². The van der Waals surface area contributed by atoms with Crippen molar-refractivity contribution >= 4 is 27.4 Å². The molecule has 0 amide bonds. The maximum absolute atomic E-state index is 5.93. The van der Waals surface area contributed by atoms with Crippen LogP contribution >= 0.6 is 11.3 Å². The van der Waals surface area contributed by atoms with Crippen LogP contribution in [0.1, 0.15) is 5.56 Å². The van der Waals surface area contributed by atoms with E-state index in [2.05, 4.69) is 29.0 Å². The Balaban J connectivity index is 1.76. The molecular formula is C19H15N3OS. The van der Waals surface area contributed by atoms with Crippen molar-refractivity contribution in [1.29, 1.82) is 0 Å². The van der Waals surface area contributed by atoms with Gasteiger partial charge in [-0.2, -0.15) is 0 Å². The van der Waals surface area contributed by atoms with Gasteiger partial charge < -0.3 is 10.5 Å². The number of aryl methyl sites for hydroxylation is 1. The Morgan fingerprint density at radius 3 is 2.62 bits per heavy atom. The summed E-state index contributed by atoms with van der Waals surface area (Å²) in [6.45, 7) is 2.10. The number of aromatic nitrogens is 2. The Bertz CT molecular complexity index is 1010. The van der Waals surface area contributed by atoms with E-state index in [-0.39, 0.29) is 5.95 Å². The Morgan fingerprint density at radius 2 is 1.83 bits per heavy atom. The summed E-state index contributed by atoms with van der Waals surface area (Å²) in [6, 6.07) is 17.8. The number of fused-ring (bicyclic) bond motifs is 1. The van der Waals surface area contributed by atoms with Gasteiger partial charge in [0.1, 0.15) is 11.5 Å². The van der Waals surface area contributed by atoms with Crippen LogP contribution in [0.2, 0.25) is 0 Å². The first-order valence-corrected chi connectivity index (χ1v) is 8.37. The molecule has 4 rings (SSSR count). The molecule has 2 heterocycles. The third-order valence-electron chi connectivity index (χ3n) is 3.79. The maximum atomic E-state index is 5.93. The molecule has 0 saturated heterocycles. The highest BCUT2D eigenvalue weighted by Crippen LogP contribution is 2.39. The molecule has 0 aliphatic heterocycles. The third-order valence-corrected chi connectivity index (χ3v) is 5.09. The Kier molecular flexibility index (Phi) is 3.63. The summed E-state index contributed by atoms with van der Waals surface area (Å²) in [7, 11) is 0. The second-order valence-corrected chi connectivity index (χ2v) is 6.48. The quantitative estimate of drug-likeness (QED) is 0.570. The fourth-order valence-electron chi connectivity index (χ4n) is 2.63. The number of hydrogen-bond donors (Lipinski definition) is 1. The maximum Gasteiger partial charge on any atom is 0.220 e. The van der Waals surface area contributed by atoms with E-state index in [1.165, 1.54) is 15.6 Å². The van der Waals surface area contributed by atoms with Crippen molar-refractivity contribution in [2.24, 2.45) is 0 Å². The van der Waals surface area contributed by atoms with Crippen LogP contribution in [-0.4, -0.2) is 9.97 Å². The average molecular weight is 333 g/mol. The summed E-state index contributed by atoms with van der Waals surface area (Å²) in [5.74, 6) is 1.94. The molecule has 0 radical (unpaired) electrons. The summed E-state index contributed by atoms with van der Waals surface area (Å²) in [4.78, 5) is 9.40. The van der Waals surface area contributed by atoms with Crippen LogP contribution in [0.4, 0.5) is 5.95 Å². The van der Waals surface area contributed by atoms with Crippen LogP contribution in [0.25, 0.3) is 20.7 Å². The number of nitrogens with two attached hydrogens (primary N) is 1. The minimum absolute atomic E-state index is 0.289. The lowest BCUT2D eigenvalue weighted by Crippen LogP contribution is -1.94. The number of ether oxygens (including phenoxy) is 1. The van der Waals surface area contributed by atoms with Crippen molar-refractivity contribution in [3.05, 3.63) is 66.4 Å². The molecule has 118 valence electrons. The van der Waals surface area contributed by atoms with E-state index >= 15 is 0 Å². The zero-order valence-electron chi connectivity index (χ0n) is 13.1. The smallest absolute Gasteiger partial charge is 0.220 e. The van der Waals surface area contributed by atoms with Gasteiger partial charge in [-0.3, -0.25) is 0 Å². The first kappa shape index (κ1) is 14.7. The minimum atomic E-state index is 0.289. The molecule has 0 unspecified atom stereocenters. The minimum Gasteiger partial charge on any atom is -0.457 e. The summed E-state index contributed by atoms with van der Waals surface area (Å²) < 4.78 is 7.13. The van der Waals surface area contributed by atoms with Crippen LogP contribution in [0.15, 0.2) is 60.8 Å². The van der Waals surface area contributed by atoms with Crippen LogP contribution in [0, 0.1) is 6.92 Å². The van der Waals surface area contributed by atoms with Crippen molar-refractivity contribution < 1.29 is 4.74 Å². The molecule has 2 N–H and O–H groups in total. The second-order valence-electron chi connectivity index (χ2n) is 5.43. The SMILES string of the molecule is Cc1c(-c2ccnc(N)n2)sc2ccc(Oc3ccccc3)cc12. The molecule has 0 aliphatic carbocycles. The number of hydrogen-bond acceptors (Lipinski definition) is 5. The number of thiophene rings is 1. The molecule has 0 bridgehead atoms. The lowest BCUT2D eigenvalue weighted by Gasteiger charge is -2.05. The van der Waals surface area contributed by atoms with Crippen molar-refractivity contribution in [2.45, 2.75) is 6.92 Å². The van der Waals surface area contributed by atoms with Gasteiger partial charge in [-0.1, -0.05) is 18.2 Å². The molecule has 0 spiro atoms. The van der Waals surface area contributed by atoms with Crippen LogP contribution in [0.3, 0.4) is 0 Å². The summed E-state index contributed by atoms with van der Waals surface area (Å²) >= 11 is 1.70. The molecule has 0 aliphatic rings. The first-order chi connectivity index (χ1) is 11.7. The van der Waals surface area contributed by atoms with E-state index in [4.69, 9.17) is 10.5 Å². The highest BCUT2D eigenvalue weighted by atomic mass is 32.1. The lowest BCUT2D eigenvalue weighted by atomic mass is 10.1. The third kappa shape index (κ3) is 2.70. The van der Waals surface area contributed by atoms with Gasteiger partial charge in [0, 0.05) is 10.9 Å². The van der Waals surface area contributed by atoms with Gasteiger partial charge in [0.15, 0.2) is 0 Å². The van der Waals surface area contributed by atoms with Gasteiger partial charge in [-0.25, -0.2) is 9.97 Å². The highest BCUT2D eigenvalue weighted by molar-refractivity contribution is 7.22. The number of nitrogen functional groups attached to an aromatic ring is 1. The Morgan fingerprint density at radius 1 is 1.00 bits per heavy atom. The Hall–Kier alpha value is -2.92. The van der Waals surface area contributed by atoms with E-state index in [9.17, 15) is 0 Å². The number of rotatable bonds is 3. The predicted molar refractivity (Wildman–Crippen MR) is 98.5 cm³/mol. The number of benzene rings is 2. The Labute approximate surface area is 143 Å². The van der Waals surface area contributed by atoms with Crippen molar-refractivity contribution in [1.82, 2.24) is 9.97 Å². The fourth-order valence-corrected chi connectivity index (χ4v) is 3.79. The number of anilines is 1. The molecule has 5 heteroatoms. The predicted octanol–water partition coefficient (Wildman–Crippen LogP) is 5.04. The van der Waals surface area contributed by atoms with E-state index < -0.39 is 0 Å². The molecule has 4 aromatic rings. The van der Waals surface area contributed by atoms with Crippen LogP contribution in [-0.2, 0) is 0 Å². The average Bonchev–Trinajstić information content (AvgIpc) is 2.93. The standard InChI is InChI=1S/C19H15N3OS/c1-12-15-11-14(23-13-5-3-2-4-6-13)7-8-17(15)24-18(12)16-9-10-21-19(20)22-16/h2-11H,1H3,(H2,20,21,22). The molecule has 0 atom stereocenters.